The van der Waals surface area contributed by atoms with E-state index in [1.54, 1.807) is 0 Å². The van der Waals surface area contributed by atoms with E-state index in [9.17, 15) is 19.8 Å². The van der Waals surface area contributed by atoms with Gasteiger partial charge in [-0.3, -0.25) is 9.59 Å². The quantitative estimate of drug-likeness (QED) is 0.0321. The molecule has 0 aliphatic heterocycles. The molecule has 0 rings (SSSR count). The predicted molar refractivity (Wildman–Crippen MR) is 283 cm³/mol. The van der Waals surface area contributed by atoms with Crippen molar-refractivity contribution in [2.24, 2.45) is 0 Å². The summed E-state index contributed by atoms with van der Waals surface area (Å²) in [4.78, 5) is 24.5. The molecule has 2 atom stereocenters. The molecule has 6 heteroatoms. The smallest absolute Gasteiger partial charge is 0.305 e. The highest BCUT2D eigenvalue weighted by Gasteiger charge is 2.20. The zero-order valence-electron chi connectivity index (χ0n) is 43.7. The van der Waals surface area contributed by atoms with Crippen molar-refractivity contribution in [2.75, 3.05) is 13.2 Å². The van der Waals surface area contributed by atoms with Gasteiger partial charge in [0, 0.05) is 12.8 Å². The minimum Gasteiger partial charge on any atom is -0.466 e. The van der Waals surface area contributed by atoms with Crippen molar-refractivity contribution >= 4 is 11.9 Å². The van der Waals surface area contributed by atoms with Gasteiger partial charge >= 0.3 is 5.97 Å². The zero-order chi connectivity index (χ0) is 47.2. The molecule has 0 radical (unpaired) electrons. The van der Waals surface area contributed by atoms with Gasteiger partial charge in [-0.15, -0.1) is 0 Å². The van der Waals surface area contributed by atoms with E-state index in [0.717, 1.165) is 51.4 Å². The van der Waals surface area contributed by atoms with Gasteiger partial charge in [0.1, 0.15) is 0 Å². The molecule has 0 aromatic rings. The van der Waals surface area contributed by atoms with Gasteiger partial charge in [-0.2, -0.15) is 0 Å². The molecule has 65 heavy (non-hydrogen) atoms. The topological polar surface area (TPSA) is 95.9 Å². The maximum atomic E-state index is 12.4. The molecule has 6 nitrogen and oxygen atoms in total. The highest BCUT2D eigenvalue weighted by molar-refractivity contribution is 5.76. The molecular formula is C59H113NO5. The highest BCUT2D eigenvalue weighted by atomic mass is 16.5. The van der Waals surface area contributed by atoms with Gasteiger partial charge in [-0.05, 0) is 57.8 Å². The number of ether oxygens (including phenoxy) is 1. The van der Waals surface area contributed by atoms with Gasteiger partial charge < -0.3 is 20.3 Å². The Morgan fingerprint density at radius 2 is 0.769 bits per heavy atom. The summed E-state index contributed by atoms with van der Waals surface area (Å²) in [5.74, 6) is -0.0367. The Morgan fingerprint density at radius 1 is 0.431 bits per heavy atom. The van der Waals surface area contributed by atoms with Crippen LogP contribution in [0.15, 0.2) is 24.3 Å². The Bertz CT molecular complexity index is 1010. The number of unbranched alkanes of at least 4 members (excludes halogenated alkanes) is 39. The first-order chi connectivity index (χ1) is 32.0. The van der Waals surface area contributed by atoms with Crippen molar-refractivity contribution in [1.29, 1.82) is 0 Å². The second-order valence-corrected chi connectivity index (χ2v) is 20.0. The largest absolute Gasteiger partial charge is 0.466 e. The molecule has 0 bridgehead atoms. The summed E-state index contributed by atoms with van der Waals surface area (Å²) < 4.78 is 5.47. The summed E-state index contributed by atoms with van der Waals surface area (Å²) in [6, 6.07) is -0.547. The van der Waals surface area contributed by atoms with Crippen LogP contribution < -0.4 is 5.32 Å². The second kappa shape index (κ2) is 54.9. The number of aliphatic hydroxyl groups is 2. The fourth-order valence-corrected chi connectivity index (χ4v) is 9.02. The number of carbonyl (C=O) groups excluding carboxylic acids is 2. The van der Waals surface area contributed by atoms with Crippen LogP contribution in [0.5, 0.6) is 0 Å². The van der Waals surface area contributed by atoms with Gasteiger partial charge in [-0.1, -0.05) is 269 Å². The fraction of sp³-hybridized carbons (Fsp3) is 0.898. The van der Waals surface area contributed by atoms with Crippen LogP contribution in [0.25, 0.3) is 0 Å². The van der Waals surface area contributed by atoms with E-state index in [0.29, 0.717) is 25.9 Å². The number of carbonyl (C=O) groups is 2. The first-order valence-corrected chi connectivity index (χ1v) is 29.1. The predicted octanol–water partition coefficient (Wildman–Crippen LogP) is 17.9. The molecule has 0 saturated heterocycles. The summed E-state index contributed by atoms with van der Waals surface area (Å²) in [6.07, 6.45) is 66.0. The number of nitrogens with one attached hydrogen (secondary N) is 1. The van der Waals surface area contributed by atoms with Crippen LogP contribution in [0.4, 0.5) is 0 Å². The lowest BCUT2D eigenvalue weighted by Gasteiger charge is -2.22. The molecule has 1 amide bonds. The molecule has 384 valence electrons. The number of aliphatic hydroxyl groups excluding tert-OH is 2. The Kier molecular flexibility index (Phi) is 53.5. The fourth-order valence-electron chi connectivity index (χ4n) is 9.02. The molecule has 0 heterocycles. The lowest BCUT2D eigenvalue weighted by molar-refractivity contribution is -0.143. The van der Waals surface area contributed by atoms with E-state index < -0.39 is 12.1 Å². The number of esters is 1. The SMILES string of the molecule is CCCCCCCCCCCCCCCC(=O)OCCCCCCCCCCC/C=C\C/C=C\CCCCCCCCCC(=O)NC(CO)C(O)CCCCCCCCCCCCCC. The average molecular weight is 917 g/mol. The minimum absolute atomic E-state index is 0.00863. The lowest BCUT2D eigenvalue weighted by Crippen LogP contribution is -2.45. The maximum Gasteiger partial charge on any atom is 0.305 e. The molecule has 0 aliphatic carbocycles. The Morgan fingerprint density at radius 3 is 1.17 bits per heavy atom. The van der Waals surface area contributed by atoms with Crippen molar-refractivity contribution in [3.05, 3.63) is 24.3 Å². The van der Waals surface area contributed by atoms with Gasteiger partial charge in [0.2, 0.25) is 5.91 Å². The molecule has 0 aromatic carbocycles. The van der Waals surface area contributed by atoms with Crippen LogP contribution in [0, 0.1) is 0 Å². The number of allylic oxidation sites excluding steroid dienone is 4. The van der Waals surface area contributed by atoms with Gasteiger partial charge in [-0.25, -0.2) is 0 Å². The first kappa shape index (κ1) is 63.3. The summed E-state index contributed by atoms with van der Waals surface area (Å²) in [5, 5.41) is 23.2. The molecule has 3 N–H and O–H groups in total. The number of rotatable bonds is 54. The third kappa shape index (κ3) is 51.6. The minimum atomic E-state index is -0.669. The van der Waals surface area contributed by atoms with E-state index in [1.165, 1.54) is 231 Å². The third-order valence-corrected chi connectivity index (χ3v) is 13.5. The van der Waals surface area contributed by atoms with Crippen LogP contribution in [0.1, 0.15) is 316 Å². The van der Waals surface area contributed by atoms with Crippen molar-refractivity contribution in [1.82, 2.24) is 5.32 Å². The number of hydrogen-bond acceptors (Lipinski definition) is 5. The number of hydrogen-bond donors (Lipinski definition) is 3. The first-order valence-electron chi connectivity index (χ1n) is 29.1. The second-order valence-electron chi connectivity index (χ2n) is 20.0. The van der Waals surface area contributed by atoms with Gasteiger partial charge in [0.05, 0.1) is 25.4 Å². The van der Waals surface area contributed by atoms with Crippen LogP contribution in [0.3, 0.4) is 0 Å². The normalized spacial score (nSPS) is 12.7. The third-order valence-electron chi connectivity index (χ3n) is 13.5. The Hall–Kier alpha value is -1.66. The van der Waals surface area contributed by atoms with Crippen molar-refractivity contribution in [3.63, 3.8) is 0 Å². The zero-order valence-corrected chi connectivity index (χ0v) is 43.7. The molecule has 0 fully saturated rings. The van der Waals surface area contributed by atoms with E-state index in [-0.39, 0.29) is 18.5 Å². The van der Waals surface area contributed by atoms with Crippen molar-refractivity contribution < 1.29 is 24.5 Å². The van der Waals surface area contributed by atoms with E-state index in [1.807, 2.05) is 0 Å². The van der Waals surface area contributed by atoms with Crippen LogP contribution in [-0.2, 0) is 14.3 Å². The summed E-state index contributed by atoms with van der Waals surface area (Å²) >= 11 is 0. The summed E-state index contributed by atoms with van der Waals surface area (Å²) in [6.45, 7) is 4.95. The molecule has 0 aromatic heterocycles. The van der Waals surface area contributed by atoms with Crippen molar-refractivity contribution in [3.8, 4) is 0 Å². The number of amides is 1. The standard InChI is InChI=1S/C59H113NO5/c1-3-5-7-9-11-13-15-28-33-37-41-45-49-53-59(64)65-54-50-46-42-38-34-30-27-25-23-21-19-17-18-20-22-24-26-29-32-36-40-44-48-52-58(63)60-56(55-61)57(62)51-47-43-39-35-31-16-14-12-10-8-6-4-2/h17,19-20,22,56-57,61-62H,3-16,18,21,23-55H2,1-2H3,(H,60,63)/b19-17-,22-20-. The van der Waals surface area contributed by atoms with Crippen molar-refractivity contribution in [2.45, 2.75) is 328 Å². The molecule has 0 aliphatic rings. The summed E-state index contributed by atoms with van der Waals surface area (Å²) in [7, 11) is 0. The van der Waals surface area contributed by atoms with Gasteiger partial charge in [0.15, 0.2) is 0 Å². The Labute approximate surface area is 405 Å². The Balaban J connectivity index is 3.43. The van der Waals surface area contributed by atoms with E-state index in [4.69, 9.17) is 4.74 Å². The monoisotopic (exact) mass is 916 g/mol. The molecule has 0 saturated carbocycles. The average Bonchev–Trinajstić information content (AvgIpc) is 3.31. The van der Waals surface area contributed by atoms with Gasteiger partial charge in [0.25, 0.3) is 0 Å². The van der Waals surface area contributed by atoms with Crippen LogP contribution in [-0.4, -0.2) is 47.4 Å². The lowest BCUT2D eigenvalue weighted by atomic mass is 10.0. The van der Waals surface area contributed by atoms with Crippen LogP contribution >= 0.6 is 0 Å². The van der Waals surface area contributed by atoms with E-state index >= 15 is 0 Å². The van der Waals surface area contributed by atoms with Crippen LogP contribution in [0.2, 0.25) is 0 Å². The molecule has 2 unspecified atom stereocenters. The summed E-state index contributed by atoms with van der Waals surface area (Å²) in [5.41, 5.74) is 0. The highest BCUT2D eigenvalue weighted by Crippen LogP contribution is 2.17. The maximum absolute atomic E-state index is 12.4. The van der Waals surface area contributed by atoms with E-state index in [2.05, 4.69) is 43.5 Å². The molecular weight excluding hydrogens is 803 g/mol. The molecule has 0 spiro atoms.